The quantitative estimate of drug-likeness (QED) is 0.754. The Balaban J connectivity index is 1.60. The van der Waals surface area contributed by atoms with Gasteiger partial charge in [-0.15, -0.1) is 0 Å². The maximum atomic E-state index is 12.9. The number of halogens is 2. The number of piperazine rings is 1. The van der Waals surface area contributed by atoms with Crippen molar-refractivity contribution in [2.24, 2.45) is 0 Å². The van der Waals surface area contributed by atoms with E-state index in [-0.39, 0.29) is 5.91 Å². The topological polar surface area (TPSA) is 41.4 Å². The Hall–Kier alpha value is -1.37. The Morgan fingerprint density at radius 3 is 2.52 bits per heavy atom. The number of carbonyl (C=O) groups excluding carboxylic acids is 1. The zero-order valence-corrected chi connectivity index (χ0v) is 16.8. The summed E-state index contributed by atoms with van der Waals surface area (Å²) in [7, 11) is 0. The van der Waals surface area contributed by atoms with Crippen molar-refractivity contribution in [1.82, 2.24) is 19.6 Å². The molecule has 7 heteroatoms. The standard InChI is InChI=1S/C18H22BrClN4O/c1-18(2,24-13-15(20)11-21-24)17(25)23-9-7-22(8-10-23)12-14-5-3-4-6-16(14)19/h3-6,11,13H,7-10,12H2,1-2H3. The predicted octanol–water partition coefficient (Wildman–Crippen LogP) is 3.38. The first-order chi connectivity index (χ1) is 11.9. The van der Waals surface area contributed by atoms with Crippen LogP contribution in [0.4, 0.5) is 0 Å². The molecule has 0 N–H and O–H groups in total. The van der Waals surface area contributed by atoms with E-state index < -0.39 is 5.54 Å². The van der Waals surface area contributed by atoms with Gasteiger partial charge in [0.25, 0.3) is 0 Å². The highest BCUT2D eigenvalue weighted by Crippen LogP contribution is 2.22. The fraction of sp³-hybridized carbons (Fsp3) is 0.444. The molecule has 1 aromatic carbocycles. The second-order valence-electron chi connectivity index (χ2n) is 6.82. The minimum Gasteiger partial charge on any atom is -0.338 e. The normalized spacial score (nSPS) is 16.2. The summed E-state index contributed by atoms with van der Waals surface area (Å²) in [6.45, 7) is 7.83. The van der Waals surface area contributed by atoms with Gasteiger partial charge in [0.1, 0.15) is 5.54 Å². The SMILES string of the molecule is CC(C)(C(=O)N1CCN(Cc2ccccc2Br)CC1)n1cc(Cl)cn1. The molecule has 1 aromatic heterocycles. The monoisotopic (exact) mass is 424 g/mol. The van der Waals surface area contributed by atoms with Gasteiger partial charge in [0.2, 0.25) is 5.91 Å². The molecular weight excluding hydrogens is 404 g/mol. The predicted molar refractivity (Wildman–Crippen MR) is 103 cm³/mol. The van der Waals surface area contributed by atoms with E-state index in [1.54, 1.807) is 17.1 Å². The molecule has 1 aliphatic rings. The molecule has 0 atom stereocenters. The minimum atomic E-state index is -0.738. The van der Waals surface area contributed by atoms with Crippen molar-refractivity contribution in [3.05, 3.63) is 51.7 Å². The number of amides is 1. The van der Waals surface area contributed by atoms with E-state index in [9.17, 15) is 4.79 Å². The number of benzene rings is 1. The maximum absolute atomic E-state index is 12.9. The zero-order chi connectivity index (χ0) is 18.0. The van der Waals surface area contributed by atoms with Crippen LogP contribution in [0.5, 0.6) is 0 Å². The summed E-state index contributed by atoms with van der Waals surface area (Å²) in [6.07, 6.45) is 3.26. The fourth-order valence-corrected chi connectivity index (χ4v) is 3.61. The van der Waals surface area contributed by atoms with E-state index in [0.717, 1.165) is 37.2 Å². The Morgan fingerprint density at radius 2 is 1.92 bits per heavy atom. The lowest BCUT2D eigenvalue weighted by Crippen LogP contribution is -2.54. The third-order valence-electron chi connectivity index (χ3n) is 4.66. The summed E-state index contributed by atoms with van der Waals surface area (Å²) in [6, 6.07) is 8.27. The lowest BCUT2D eigenvalue weighted by molar-refractivity contribution is -0.141. The molecule has 0 aliphatic carbocycles. The van der Waals surface area contributed by atoms with Crippen molar-refractivity contribution in [3.63, 3.8) is 0 Å². The summed E-state index contributed by atoms with van der Waals surface area (Å²) in [5.74, 6) is 0.0767. The van der Waals surface area contributed by atoms with Crippen molar-refractivity contribution in [3.8, 4) is 0 Å². The van der Waals surface area contributed by atoms with Crippen LogP contribution in [0.25, 0.3) is 0 Å². The first kappa shape index (κ1) is 18.4. The maximum Gasteiger partial charge on any atom is 0.250 e. The highest BCUT2D eigenvalue weighted by Gasteiger charge is 2.36. The van der Waals surface area contributed by atoms with Gasteiger partial charge in [-0.3, -0.25) is 14.4 Å². The van der Waals surface area contributed by atoms with E-state index in [1.165, 1.54) is 5.56 Å². The van der Waals surface area contributed by atoms with E-state index in [0.29, 0.717) is 5.02 Å². The molecule has 3 rings (SSSR count). The van der Waals surface area contributed by atoms with Gasteiger partial charge in [-0.1, -0.05) is 45.7 Å². The molecule has 0 radical (unpaired) electrons. The van der Waals surface area contributed by atoms with Crippen LogP contribution in [-0.2, 0) is 16.9 Å². The van der Waals surface area contributed by atoms with E-state index in [4.69, 9.17) is 11.6 Å². The van der Waals surface area contributed by atoms with Crippen LogP contribution in [0.15, 0.2) is 41.1 Å². The summed E-state index contributed by atoms with van der Waals surface area (Å²) >= 11 is 9.55. The van der Waals surface area contributed by atoms with Crippen molar-refractivity contribution >= 4 is 33.4 Å². The number of hydrogen-bond donors (Lipinski definition) is 0. The molecule has 0 bridgehead atoms. The lowest BCUT2D eigenvalue weighted by Gasteiger charge is -2.38. The minimum absolute atomic E-state index is 0.0767. The Labute approximate surface area is 161 Å². The van der Waals surface area contributed by atoms with Gasteiger partial charge < -0.3 is 4.90 Å². The van der Waals surface area contributed by atoms with Crippen molar-refractivity contribution in [2.45, 2.75) is 25.9 Å². The number of nitrogens with zero attached hydrogens (tertiary/aromatic N) is 4. The molecule has 1 aliphatic heterocycles. The summed E-state index contributed by atoms with van der Waals surface area (Å²) in [5, 5.41) is 4.75. The van der Waals surface area contributed by atoms with Gasteiger partial charge in [0, 0.05) is 43.4 Å². The van der Waals surface area contributed by atoms with E-state index in [1.807, 2.05) is 24.8 Å². The van der Waals surface area contributed by atoms with Crippen LogP contribution < -0.4 is 0 Å². The van der Waals surface area contributed by atoms with Crippen LogP contribution in [-0.4, -0.2) is 51.7 Å². The molecular formula is C18H22BrClN4O. The number of rotatable bonds is 4. The molecule has 5 nitrogen and oxygen atoms in total. The van der Waals surface area contributed by atoms with Gasteiger partial charge in [-0.05, 0) is 25.5 Å². The van der Waals surface area contributed by atoms with Gasteiger partial charge in [0.05, 0.1) is 11.2 Å². The van der Waals surface area contributed by atoms with Gasteiger partial charge in [0.15, 0.2) is 0 Å². The molecule has 134 valence electrons. The Morgan fingerprint density at radius 1 is 1.24 bits per heavy atom. The number of aromatic nitrogens is 2. The van der Waals surface area contributed by atoms with Crippen LogP contribution in [0.2, 0.25) is 5.02 Å². The molecule has 1 fully saturated rings. The molecule has 2 aromatic rings. The highest BCUT2D eigenvalue weighted by atomic mass is 79.9. The van der Waals surface area contributed by atoms with Crippen molar-refractivity contribution in [1.29, 1.82) is 0 Å². The molecule has 1 saturated heterocycles. The third kappa shape index (κ3) is 4.07. The van der Waals surface area contributed by atoms with Crippen LogP contribution in [0, 0.1) is 0 Å². The molecule has 25 heavy (non-hydrogen) atoms. The summed E-state index contributed by atoms with van der Waals surface area (Å²) < 4.78 is 2.77. The third-order valence-corrected chi connectivity index (χ3v) is 5.63. The largest absolute Gasteiger partial charge is 0.338 e. The van der Waals surface area contributed by atoms with Crippen LogP contribution in [0.1, 0.15) is 19.4 Å². The molecule has 1 amide bonds. The molecule has 0 saturated carbocycles. The first-order valence-electron chi connectivity index (χ1n) is 8.34. The number of carbonyl (C=O) groups is 1. The molecule has 2 heterocycles. The van der Waals surface area contributed by atoms with Gasteiger partial charge in [-0.25, -0.2) is 0 Å². The first-order valence-corrected chi connectivity index (χ1v) is 9.51. The molecule has 0 unspecified atom stereocenters. The number of hydrogen-bond acceptors (Lipinski definition) is 3. The summed E-state index contributed by atoms with van der Waals surface area (Å²) in [4.78, 5) is 17.2. The van der Waals surface area contributed by atoms with E-state index in [2.05, 4.69) is 44.1 Å². The Kier molecular flexibility index (Phi) is 5.51. The van der Waals surface area contributed by atoms with Gasteiger partial charge >= 0.3 is 0 Å². The molecule has 0 spiro atoms. The van der Waals surface area contributed by atoms with Crippen LogP contribution in [0.3, 0.4) is 0 Å². The average Bonchev–Trinajstić information content (AvgIpc) is 3.04. The smallest absolute Gasteiger partial charge is 0.250 e. The zero-order valence-electron chi connectivity index (χ0n) is 14.5. The van der Waals surface area contributed by atoms with Crippen molar-refractivity contribution < 1.29 is 4.79 Å². The van der Waals surface area contributed by atoms with Gasteiger partial charge in [-0.2, -0.15) is 5.10 Å². The highest BCUT2D eigenvalue weighted by molar-refractivity contribution is 9.10. The lowest BCUT2D eigenvalue weighted by atomic mass is 10.0. The second kappa shape index (κ2) is 7.48. The fourth-order valence-electron chi connectivity index (χ4n) is 3.07. The second-order valence-corrected chi connectivity index (χ2v) is 8.11. The Bertz CT molecular complexity index is 753. The summed E-state index contributed by atoms with van der Waals surface area (Å²) in [5.41, 5.74) is 0.534. The van der Waals surface area contributed by atoms with Crippen LogP contribution >= 0.6 is 27.5 Å². The van der Waals surface area contributed by atoms with E-state index >= 15 is 0 Å². The van der Waals surface area contributed by atoms with Crippen molar-refractivity contribution in [2.75, 3.05) is 26.2 Å². The average molecular weight is 426 g/mol.